The summed E-state index contributed by atoms with van der Waals surface area (Å²) in [5.74, 6) is -0.923. The highest BCUT2D eigenvalue weighted by Gasteiger charge is 2.20. The number of carbonyl (C=O) groups excluding carboxylic acids is 2. The first kappa shape index (κ1) is 11.4. The van der Waals surface area contributed by atoms with Gasteiger partial charge in [-0.3, -0.25) is 9.59 Å². The van der Waals surface area contributed by atoms with E-state index in [1.165, 1.54) is 0 Å². The van der Waals surface area contributed by atoms with Crippen molar-refractivity contribution in [3.8, 4) is 0 Å². The smallest absolute Gasteiger partial charge is 0.247 e. The van der Waals surface area contributed by atoms with Crippen molar-refractivity contribution >= 4 is 17.5 Å². The van der Waals surface area contributed by atoms with Crippen molar-refractivity contribution in [3.05, 3.63) is 30.3 Å². The number of para-hydroxylation sites is 1. The fraction of sp³-hybridized carbons (Fsp3) is 0.200. The number of carbonyl (C=O) groups is 2. The van der Waals surface area contributed by atoms with E-state index in [-0.39, 0.29) is 13.1 Å². The molecule has 0 saturated carbocycles. The molecule has 0 saturated heterocycles. The third kappa shape index (κ3) is 2.61. The maximum atomic E-state index is 11.4. The van der Waals surface area contributed by atoms with E-state index in [0.717, 1.165) is 4.90 Å². The number of hydrogen-bond acceptors (Lipinski definition) is 4. The number of rotatable bonds is 3. The van der Waals surface area contributed by atoms with E-state index in [9.17, 15) is 9.59 Å². The zero-order chi connectivity index (χ0) is 11.3. The van der Waals surface area contributed by atoms with Crippen LogP contribution in [0.4, 0.5) is 5.69 Å². The Balaban J connectivity index is 3.02. The van der Waals surface area contributed by atoms with Crippen molar-refractivity contribution in [2.75, 3.05) is 18.0 Å². The lowest BCUT2D eigenvalue weighted by Crippen LogP contribution is -2.43. The summed E-state index contributed by atoms with van der Waals surface area (Å²) in [6.45, 7) is -0.443. The molecule has 2 amide bonds. The summed E-state index contributed by atoms with van der Waals surface area (Å²) in [6, 6.07) is 8.57. The van der Waals surface area contributed by atoms with Gasteiger partial charge in [-0.1, -0.05) is 18.2 Å². The lowest BCUT2D eigenvalue weighted by Gasteiger charge is -2.19. The minimum Gasteiger partial charge on any atom is -0.322 e. The monoisotopic (exact) mass is 207 g/mol. The van der Waals surface area contributed by atoms with Crippen molar-refractivity contribution in [1.29, 1.82) is 0 Å². The van der Waals surface area contributed by atoms with Crippen molar-refractivity contribution in [3.63, 3.8) is 0 Å². The number of nitrogens with zero attached hydrogens (tertiary/aromatic N) is 1. The lowest BCUT2D eigenvalue weighted by atomic mass is 10.2. The zero-order valence-electron chi connectivity index (χ0n) is 8.22. The fourth-order valence-electron chi connectivity index (χ4n) is 1.19. The van der Waals surface area contributed by atoms with Gasteiger partial charge in [0.1, 0.15) is 0 Å². The molecule has 5 heteroatoms. The number of benzene rings is 1. The normalized spacial score (nSPS) is 9.73. The van der Waals surface area contributed by atoms with Gasteiger partial charge >= 0.3 is 0 Å². The second kappa shape index (κ2) is 5.23. The molecule has 0 bridgehead atoms. The standard InChI is InChI=1S/C10H13N3O2/c11-6-9(14)13(10(15)7-12)8-4-2-1-3-5-8/h1-5H,6-7,11-12H2. The van der Waals surface area contributed by atoms with Crippen LogP contribution in [0.3, 0.4) is 0 Å². The van der Waals surface area contributed by atoms with Crippen LogP contribution in [0.15, 0.2) is 30.3 Å². The minimum absolute atomic E-state index is 0.222. The molecule has 0 spiro atoms. The molecule has 5 nitrogen and oxygen atoms in total. The van der Waals surface area contributed by atoms with Gasteiger partial charge in [0.2, 0.25) is 11.8 Å². The Morgan fingerprint density at radius 2 is 1.47 bits per heavy atom. The van der Waals surface area contributed by atoms with E-state index in [2.05, 4.69) is 0 Å². The van der Waals surface area contributed by atoms with Gasteiger partial charge in [0.25, 0.3) is 0 Å². The number of amides is 2. The van der Waals surface area contributed by atoms with E-state index < -0.39 is 11.8 Å². The van der Waals surface area contributed by atoms with Crippen LogP contribution < -0.4 is 16.4 Å². The Morgan fingerprint density at radius 3 is 1.87 bits per heavy atom. The van der Waals surface area contributed by atoms with Gasteiger partial charge in [-0.25, -0.2) is 4.90 Å². The molecule has 80 valence electrons. The molecule has 0 aromatic heterocycles. The van der Waals surface area contributed by atoms with Crippen LogP contribution in [0, 0.1) is 0 Å². The van der Waals surface area contributed by atoms with Gasteiger partial charge in [-0.05, 0) is 12.1 Å². The van der Waals surface area contributed by atoms with Crippen molar-refractivity contribution in [2.24, 2.45) is 11.5 Å². The quantitative estimate of drug-likeness (QED) is 0.696. The summed E-state index contributed by atoms with van der Waals surface area (Å²) in [4.78, 5) is 23.9. The lowest BCUT2D eigenvalue weighted by molar-refractivity contribution is -0.125. The van der Waals surface area contributed by atoms with Crippen LogP contribution in [0.25, 0.3) is 0 Å². The Labute approximate surface area is 87.7 Å². The largest absolute Gasteiger partial charge is 0.322 e. The predicted molar refractivity (Wildman–Crippen MR) is 57.0 cm³/mol. The average Bonchev–Trinajstić information content (AvgIpc) is 2.30. The highest BCUT2D eigenvalue weighted by Crippen LogP contribution is 2.13. The van der Waals surface area contributed by atoms with Crippen LogP contribution in [-0.2, 0) is 9.59 Å². The topological polar surface area (TPSA) is 89.4 Å². The summed E-state index contributed by atoms with van der Waals surface area (Å²) >= 11 is 0. The number of nitrogens with two attached hydrogens (primary N) is 2. The van der Waals surface area contributed by atoms with Crippen molar-refractivity contribution < 1.29 is 9.59 Å². The Morgan fingerprint density at radius 1 is 1.00 bits per heavy atom. The van der Waals surface area contributed by atoms with Gasteiger partial charge in [0, 0.05) is 0 Å². The first-order valence-corrected chi connectivity index (χ1v) is 4.51. The predicted octanol–water partition coefficient (Wildman–Crippen LogP) is -0.536. The number of hydrogen-bond donors (Lipinski definition) is 2. The van der Waals surface area contributed by atoms with Gasteiger partial charge < -0.3 is 11.5 Å². The van der Waals surface area contributed by atoms with E-state index in [4.69, 9.17) is 11.5 Å². The van der Waals surface area contributed by atoms with Crippen molar-refractivity contribution in [1.82, 2.24) is 0 Å². The van der Waals surface area contributed by atoms with Gasteiger partial charge in [0.05, 0.1) is 18.8 Å². The third-order valence-electron chi connectivity index (χ3n) is 1.86. The summed E-state index contributed by atoms with van der Waals surface area (Å²) < 4.78 is 0. The van der Waals surface area contributed by atoms with Gasteiger partial charge in [0.15, 0.2) is 0 Å². The first-order valence-electron chi connectivity index (χ1n) is 4.51. The second-order valence-corrected chi connectivity index (χ2v) is 2.87. The minimum atomic E-state index is -0.461. The molecule has 0 radical (unpaired) electrons. The molecule has 4 N–H and O–H groups in total. The molecule has 0 aliphatic rings. The Bertz CT molecular complexity index is 335. The molecule has 0 heterocycles. The van der Waals surface area contributed by atoms with E-state index in [0.29, 0.717) is 5.69 Å². The van der Waals surface area contributed by atoms with E-state index in [1.54, 1.807) is 30.3 Å². The fourth-order valence-corrected chi connectivity index (χ4v) is 1.19. The summed E-state index contributed by atoms with van der Waals surface area (Å²) in [5, 5.41) is 0. The Kier molecular flexibility index (Phi) is 3.96. The molecule has 1 rings (SSSR count). The first-order chi connectivity index (χ1) is 7.20. The van der Waals surface area contributed by atoms with Crippen LogP contribution in [0.5, 0.6) is 0 Å². The van der Waals surface area contributed by atoms with Crippen LogP contribution in [0.1, 0.15) is 0 Å². The molecule has 0 atom stereocenters. The third-order valence-corrected chi connectivity index (χ3v) is 1.86. The van der Waals surface area contributed by atoms with Crippen LogP contribution >= 0.6 is 0 Å². The molecule has 0 fully saturated rings. The SMILES string of the molecule is NCC(=O)N(C(=O)CN)c1ccccc1. The zero-order valence-corrected chi connectivity index (χ0v) is 8.22. The van der Waals surface area contributed by atoms with E-state index >= 15 is 0 Å². The summed E-state index contributed by atoms with van der Waals surface area (Å²) in [6.07, 6.45) is 0. The molecule has 1 aromatic rings. The van der Waals surface area contributed by atoms with E-state index in [1.807, 2.05) is 0 Å². The molecular formula is C10H13N3O2. The summed E-state index contributed by atoms with van der Waals surface area (Å²) in [5.41, 5.74) is 10.9. The van der Waals surface area contributed by atoms with Crippen molar-refractivity contribution in [2.45, 2.75) is 0 Å². The number of imide groups is 1. The van der Waals surface area contributed by atoms with Gasteiger partial charge in [-0.15, -0.1) is 0 Å². The molecule has 15 heavy (non-hydrogen) atoms. The van der Waals surface area contributed by atoms with Gasteiger partial charge in [-0.2, -0.15) is 0 Å². The highest BCUT2D eigenvalue weighted by atomic mass is 16.2. The molecule has 0 aliphatic carbocycles. The van der Waals surface area contributed by atoms with Crippen LogP contribution in [0.2, 0.25) is 0 Å². The molecule has 0 aliphatic heterocycles. The molecule has 1 aromatic carbocycles. The average molecular weight is 207 g/mol. The maximum Gasteiger partial charge on any atom is 0.247 e. The molecule has 0 unspecified atom stereocenters. The van der Waals surface area contributed by atoms with Crippen LogP contribution in [-0.4, -0.2) is 24.9 Å². The second-order valence-electron chi connectivity index (χ2n) is 2.87. The molecular weight excluding hydrogens is 194 g/mol. The highest BCUT2D eigenvalue weighted by molar-refractivity contribution is 6.16. The maximum absolute atomic E-state index is 11.4. The summed E-state index contributed by atoms with van der Waals surface area (Å²) in [7, 11) is 0. The number of anilines is 1. The Hall–Kier alpha value is -1.72.